The van der Waals surface area contributed by atoms with Gasteiger partial charge in [0.2, 0.25) is 0 Å². The summed E-state index contributed by atoms with van der Waals surface area (Å²) in [6.45, 7) is 2.91. The van der Waals surface area contributed by atoms with Crippen LogP contribution in [0.5, 0.6) is 0 Å². The Balaban J connectivity index is 1.35. The number of carbonyl (C=O) groups excluding carboxylic acids is 2. The highest BCUT2D eigenvalue weighted by molar-refractivity contribution is 5.78. The van der Waals surface area contributed by atoms with E-state index in [0.29, 0.717) is 13.2 Å². The van der Waals surface area contributed by atoms with Crippen molar-refractivity contribution in [2.75, 3.05) is 20.3 Å². The van der Waals surface area contributed by atoms with Crippen molar-refractivity contribution in [3.05, 3.63) is 179 Å². The highest BCUT2D eigenvalue weighted by atomic mass is 16.6. The molecular formula is C49H53NO9. The lowest BCUT2D eigenvalue weighted by Gasteiger charge is -2.53. The summed E-state index contributed by atoms with van der Waals surface area (Å²) in [5.74, 6) is -0.929. The minimum Gasteiger partial charge on any atom is -0.468 e. The zero-order valence-corrected chi connectivity index (χ0v) is 33.7. The third kappa shape index (κ3) is 10.7. The highest BCUT2D eigenvalue weighted by Gasteiger charge is 2.68. The molecule has 0 bridgehead atoms. The average Bonchev–Trinajstić information content (AvgIpc) is 3.57. The molecule has 10 heteroatoms. The monoisotopic (exact) mass is 799 g/mol. The average molecular weight is 800 g/mol. The summed E-state index contributed by atoms with van der Waals surface area (Å²) in [5.41, 5.74) is 3.45. The minimum atomic E-state index is -1.39. The Hall–Kier alpha value is -5.20. The molecule has 308 valence electrons. The van der Waals surface area contributed by atoms with Gasteiger partial charge in [-0.25, -0.2) is 0 Å². The molecule has 1 spiro atoms. The molecule has 2 fully saturated rings. The molecule has 7 rings (SSSR count). The SMILES string of the molecule is COC(=O)[C@H]1N(Cc2ccccc2)[C@H](COC(C)=O)C[C@]12O[C@H](COCc1ccccc1)[C@@H](OCc1ccccc1)[C@H](OCc1ccccc1)[C@H]2OCc1ccccc1. The number of esters is 2. The normalized spacial score (nSPS) is 24.2. The van der Waals surface area contributed by atoms with E-state index in [1.54, 1.807) is 0 Å². The minimum absolute atomic E-state index is 0.0187. The lowest BCUT2D eigenvalue weighted by atomic mass is 9.78. The summed E-state index contributed by atoms with van der Waals surface area (Å²) in [5, 5.41) is 0. The van der Waals surface area contributed by atoms with Crippen LogP contribution in [-0.4, -0.2) is 79.3 Å². The number of hydrogen-bond donors (Lipinski definition) is 0. The van der Waals surface area contributed by atoms with Gasteiger partial charge in [0.1, 0.15) is 42.7 Å². The molecule has 10 nitrogen and oxygen atoms in total. The lowest BCUT2D eigenvalue weighted by molar-refractivity contribution is -0.312. The van der Waals surface area contributed by atoms with E-state index < -0.39 is 54.0 Å². The van der Waals surface area contributed by atoms with Crippen LogP contribution in [0.1, 0.15) is 41.2 Å². The summed E-state index contributed by atoms with van der Waals surface area (Å²) in [4.78, 5) is 29.0. The summed E-state index contributed by atoms with van der Waals surface area (Å²) in [6.07, 6.45) is -2.87. The molecule has 0 aliphatic carbocycles. The first-order valence-electron chi connectivity index (χ1n) is 20.2. The molecule has 2 aliphatic heterocycles. The molecule has 0 amide bonds. The molecule has 2 saturated heterocycles. The zero-order chi connectivity index (χ0) is 40.9. The molecule has 0 unspecified atom stereocenters. The quantitative estimate of drug-likeness (QED) is 0.0830. The van der Waals surface area contributed by atoms with Crippen LogP contribution in [0, 0.1) is 0 Å². The first-order valence-corrected chi connectivity index (χ1v) is 20.2. The van der Waals surface area contributed by atoms with Gasteiger partial charge in [0.05, 0.1) is 40.1 Å². The van der Waals surface area contributed by atoms with Crippen LogP contribution in [0.25, 0.3) is 0 Å². The molecule has 2 heterocycles. The number of hydrogen-bond acceptors (Lipinski definition) is 10. The standard InChI is InChI=1S/C49H53NO9/c1-36(51)55-34-42-28-49(46(48(52)53-2)50(42)29-37-18-8-3-9-19-37)47(58-33-41-26-16-7-17-27-41)45(57-32-40-24-14-6-15-25-40)44(56-31-39-22-12-5-13-23-39)43(59-49)35-54-30-38-20-10-4-11-21-38/h3-27,42-47H,28-35H2,1-2H3/t42-,43+,44+,45-,46+,47+,49-/m0/s1. The van der Waals surface area contributed by atoms with Gasteiger partial charge in [-0.15, -0.1) is 0 Å². The summed E-state index contributed by atoms with van der Waals surface area (Å²) in [6, 6.07) is 48.1. The van der Waals surface area contributed by atoms with E-state index >= 15 is 0 Å². The van der Waals surface area contributed by atoms with Gasteiger partial charge in [-0.2, -0.15) is 0 Å². The number of benzene rings is 5. The van der Waals surface area contributed by atoms with Gasteiger partial charge >= 0.3 is 11.9 Å². The zero-order valence-electron chi connectivity index (χ0n) is 33.7. The van der Waals surface area contributed by atoms with Gasteiger partial charge in [0.25, 0.3) is 0 Å². The summed E-state index contributed by atoms with van der Waals surface area (Å²) >= 11 is 0. The fourth-order valence-corrected chi connectivity index (χ4v) is 8.29. The van der Waals surface area contributed by atoms with Crippen molar-refractivity contribution in [1.29, 1.82) is 0 Å². The van der Waals surface area contributed by atoms with Crippen molar-refractivity contribution >= 4 is 11.9 Å². The van der Waals surface area contributed by atoms with Crippen LogP contribution in [0.3, 0.4) is 0 Å². The van der Waals surface area contributed by atoms with Gasteiger partial charge in [-0.1, -0.05) is 152 Å². The molecule has 0 saturated carbocycles. The first-order chi connectivity index (χ1) is 28.9. The van der Waals surface area contributed by atoms with Gasteiger partial charge in [-0.3, -0.25) is 14.5 Å². The molecule has 0 radical (unpaired) electrons. The molecule has 0 aromatic heterocycles. The third-order valence-electron chi connectivity index (χ3n) is 11.0. The van der Waals surface area contributed by atoms with E-state index in [2.05, 4.69) is 0 Å². The number of carbonyl (C=O) groups is 2. The van der Waals surface area contributed by atoms with Crippen molar-refractivity contribution < 1.29 is 42.7 Å². The smallest absolute Gasteiger partial charge is 0.326 e. The van der Waals surface area contributed by atoms with Crippen molar-refractivity contribution in [2.45, 2.75) is 88.4 Å². The van der Waals surface area contributed by atoms with Crippen LogP contribution in [-0.2, 0) is 75.7 Å². The Labute approximate surface area is 346 Å². The largest absolute Gasteiger partial charge is 0.468 e. The van der Waals surface area contributed by atoms with Gasteiger partial charge in [-0.05, 0) is 27.8 Å². The Morgan fingerprint density at radius 1 is 0.610 bits per heavy atom. The fourth-order valence-electron chi connectivity index (χ4n) is 8.29. The maximum atomic E-state index is 14.6. The van der Waals surface area contributed by atoms with Crippen molar-refractivity contribution in [2.24, 2.45) is 0 Å². The summed E-state index contributed by atoms with van der Waals surface area (Å²) in [7, 11) is 1.38. The Bertz CT molecular complexity index is 2020. The maximum absolute atomic E-state index is 14.6. The van der Waals surface area contributed by atoms with E-state index in [9.17, 15) is 9.59 Å². The number of likely N-dealkylation sites (tertiary alicyclic amines) is 1. The summed E-state index contributed by atoms with van der Waals surface area (Å²) < 4.78 is 46.4. The second kappa shape index (κ2) is 20.7. The predicted molar refractivity (Wildman–Crippen MR) is 222 cm³/mol. The number of rotatable bonds is 18. The molecule has 0 N–H and O–H groups in total. The molecule has 59 heavy (non-hydrogen) atoms. The molecule has 5 aromatic carbocycles. The predicted octanol–water partition coefficient (Wildman–Crippen LogP) is 7.48. The molecule has 5 aromatic rings. The second-order valence-electron chi connectivity index (χ2n) is 15.1. The molecule has 7 atom stereocenters. The van der Waals surface area contributed by atoms with E-state index in [4.69, 9.17) is 33.2 Å². The highest BCUT2D eigenvalue weighted by Crippen LogP contribution is 2.49. The first kappa shape index (κ1) is 41.9. The van der Waals surface area contributed by atoms with Crippen LogP contribution in [0.15, 0.2) is 152 Å². The van der Waals surface area contributed by atoms with Crippen LogP contribution in [0.4, 0.5) is 0 Å². The number of ether oxygens (including phenoxy) is 7. The van der Waals surface area contributed by atoms with Crippen LogP contribution in [0.2, 0.25) is 0 Å². The van der Waals surface area contributed by atoms with Crippen molar-refractivity contribution in [3.63, 3.8) is 0 Å². The van der Waals surface area contributed by atoms with Gasteiger partial charge in [0, 0.05) is 25.9 Å². The third-order valence-corrected chi connectivity index (χ3v) is 11.0. The van der Waals surface area contributed by atoms with Crippen LogP contribution >= 0.6 is 0 Å². The van der Waals surface area contributed by atoms with E-state index in [0.717, 1.165) is 27.8 Å². The van der Waals surface area contributed by atoms with E-state index in [-0.39, 0.29) is 39.5 Å². The Morgan fingerprint density at radius 2 is 1.07 bits per heavy atom. The second-order valence-corrected chi connectivity index (χ2v) is 15.1. The Morgan fingerprint density at radius 3 is 1.56 bits per heavy atom. The topological polar surface area (TPSA) is 102 Å². The van der Waals surface area contributed by atoms with Gasteiger partial charge < -0.3 is 33.2 Å². The van der Waals surface area contributed by atoms with Crippen molar-refractivity contribution in [1.82, 2.24) is 4.90 Å². The maximum Gasteiger partial charge on any atom is 0.326 e. The number of nitrogens with zero attached hydrogens (tertiary/aromatic N) is 1. The molecule has 2 aliphatic rings. The van der Waals surface area contributed by atoms with Gasteiger partial charge in [0.15, 0.2) is 0 Å². The van der Waals surface area contributed by atoms with Crippen molar-refractivity contribution in [3.8, 4) is 0 Å². The Kier molecular flexibility index (Phi) is 14.7. The fraction of sp³-hybridized carbons (Fsp3) is 0.347. The van der Waals surface area contributed by atoms with E-state index in [1.807, 2.05) is 157 Å². The van der Waals surface area contributed by atoms with E-state index in [1.165, 1.54) is 14.0 Å². The van der Waals surface area contributed by atoms with Crippen LogP contribution < -0.4 is 0 Å². The number of methoxy groups -OCH3 is 1. The lowest BCUT2D eigenvalue weighted by Crippen LogP contribution is -2.71. The molecular weight excluding hydrogens is 747 g/mol.